The summed E-state index contributed by atoms with van der Waals surface area (Å²) in [5.41, 5.74) is 1.46. The summed E-state index contributed by atoms with van der Waals surface area (Å²) in [6.07, 6.45) is 12.1. The van der Waals surface area contributed by atoms with Gasteiger partial charge in [0, 0.05) is 0 Å². The van der Waals surface area contributed by atoms with E-state index < -0.39 is 0 Å². The van der Waals surface area contributed by atoms with Crippen molar-refractivity contribution in [3.63, 3.8) is 0 Å². The van der Waals surface area contributed by atoms with Gasteiger partial charge in [-0.3, -0.25) is 0 Å². The van der Waals surface area contributed by atoms with E-state index >= 15 is 0 Å². The van der Waals surface area contributed by atoms with Crippen molar-refractivity contribution in [2.75, 3.05) is 0 Å². The molecule has 0 bridgehead atoms. The summed E-state index contributed by atoms with van der Waals surface area (Å²) >= 11 is 0. The molecule has 0 aromatic heterocycles. The van der Waals surface area contributed by atoms with E-state index in [4.69, 9.17) is 0 Å². The molecule has 14 heavy (non-hydrogen) atoms. The fourth-order valence-electron chi connectivity index (χ4n) is 1.82. The fourth-order valence-corrected chi connectivity index (χ4v) is 1.82. The van der Waals surface area contributed by atoms with E-state index in [9.17, 15) is 0 Å². The van der Waals surface area contributed by atoms with Crippen LogP contribution in [0.2, 0.25) is 0 Å². The highest BCUT2D eigenvalue weighted by Gasteiger charge is 1.99. The quantitative estimate of drug-likeness (QED) is 0.372. The molecular formula is C14H26. The van der Waals surface area contributed by atoms with Gasteiger partial charge in [0.2, 0.25) is 0 Å². The highest BCUT2D eigenvalue weighted by atomic mass is 14.1. The first-order chi connectivity index (χ1) is 6.70. The molecule has 0 aliphatic rings. The Hall–Kier alpha value is -0.520. The molecule has 0 aliphatic carbocycles. The lowest BCUT2D eigenvalue weighted by molar-refractivity contribution is 0.461. The Bertz CT molecular complexity index is 165. The second-order valence-corrected chi connectivity index (χ2v) is 4.39. The van der Waals surface area contributed by atoms with Crippen LogP contribution in [0.5, 0.6) is 0 Å². The van der Waals surface area contributed by atoms with Crippen LogP contribution in [-0.4, -0.2) is 0 Å². The molecule has 0 N–H and O–H groups in total. The van der Waals surface area contributed by atoms with Crippen molar-refractivity contribution in [2.24, 2.45) is 5.92 Å². The van der Waals surface area contributed by atoms with Gasteiger partial charge in [0.1, 0.15) is 0 Å². The molecule has 0 rings (SSSR count). The van der Waals surface area contributed by atoms with E-state index in [1.165, 1.54) is 44.1 Å². The standard InChI is InChI=1S/C14H26/c1-5-9-13(3)11-7-8-12-14(4)10-6-2/h5,9,14H,1,6-8,10-12H2,2-4H3. The van der Waals surface area contributed by atoms with E-state index in [2.05, 4.69) is 33.4 Å². The normalized spacial score (nSPS) is 14.1. The third-order valence-corrected chi connectivity index (χ3v) is 2.70. The minimum absolute atomic E-state index is 0.920. The summed E-state index contributed by atoms with van der Waals surface area (Å²) in [6.45, 7) is 10.5. The third-order valence-electron chi connectivity index (χ3n) is 2.70. The molecule has 0 nitrogen and oxygen atoms in total. The van der Waals surface area contributed by atoms with E-state index in [0.29, 0.717) is 0 Å². The number of allylic oxidation sites excluding steroid dienone is 3. The van der Waals surface area contributed by atoms with Gasteiger partial charge >= 0.3 is 0 Å². The molecule has 0 amide bonds. The summed E-state index contributed by atoms with van der Waals surface area (Å²) in [4.78, 5) is 0. The highest BCUT2D eigenvalue weighted by molar-refractivity contribution is 5.07. The first-order valence-corrected chi connectivity index (χ1v) is 5.98. The lowest BCUT2D eigenvalue weighted by Gasteiger charge is -2.09. The summed E-state index contributed by atoms with van der Waals surface area (Å²) < 4.78 is 0. The molecule has 0 fully saturated rings. The van der Waals surface area contributed by atoms with Gasteiger partial charge in [-0.15, -0.1) is 0 Å². The molecule has 0 aliphatic heterocycles. The summed E-state index contributed by atoms with van der Waals surface area (Å²) in [6, 6.07) is 0. The summed E-state index contributed by atoms with van der Waals surface area (Å²) in [5, 5.41) is 0. The van der Waals surface area contributed by atoms with Gasteiger partial charge in [0.15, 0.2) is 0 Å². The molecule has 0 aromatic carbocycles. The van der Waals surface area contributed by atoms with Crippen molar-refractivity contribution in [3.8, 4) is 0 Å². The predicted molar refractivity (Wildman–Crippen MR) is 66.5 cm³/mol. The Kier molecular flexibility index (Phi) is 8.72. The largest absolute Gasteiger partial charge is 0.0991 e. The van der Waals surface area contributed by atoms with Crippen LogP contribution in [0, 0.1) is 5.92 Å². The fraction of sp³-hybridized carbons (Fsp3) is 0.714. The minimum Gasteiger partial charge on any atom is -0.0991 e. The second kappa shape index (κ2) is 9.05. The Morgan fingerprint density at radius 1 is 1.29 bits per heavy atom. The topological polar surface area (TPSA) is 0 Å². The Morgan fingerprint density at radius 3 is 2.57 bits per heavy atom. The molecule has 0 radical (unpaired) electrons. The smallest absolute Gasteiger partial charge is 0.0320 e. The number of hydrogen-bond donors (Lipinski definition) is 0. The molecule has 0 saturated carbocycles. The Labute approximate surface area is 90.1 Å². The average Bonchev–Trinajstić information content (AvgIpc) is 2.13. The zero-order valence-electron chi connectivity index (χ0n) is 10.2. The molecule has 0 heterocycles. The van der Waals surface area contributed by atoms with Crippen LogP contribution >= 0.6 is 0 Å². The molecule has 1 atom stereocenters. The summed E-state index contributed by atoms with van der Waals surface area (Å²) in [5.74, 6) is 0.920. The average molecular weight is 194 g/mol. The molecular weight excluding hydrogens is 168 g/mol. The molecule has 0 heteroatoms. The van der Waals surface area contributed by atoms with Crippen LogP contribution in [0.1, 0.15) is 59.3 Å². The second-order valence-electron chi connectivity index (χ2n) is 4.39. The van der Waals surface area contributed by atoms with Gasteiger partial charge in [0.25, 0.3) is 0 Å². The Morgan fingerprint density at radius 2 is 2.00 bits per heavy atom. The number of hydrogen-bond acceptors (Lipinski definition) is 0. The van der Waals surface area contributed by atoms with Crippen molar-refractivity contribution >= 4 is 0 Å². The van der Waals surface area contributed by atoms with Crippen LogP contribution in [-0.2, 0) is 0 Å². The molecule has 82 valence electrons. The zero-order chi connectivity index (χ0) is 10.8. The molecule has 1 unspecified atom stereocenters. The van der Waals surface area contributed by atoms with Gasteiger partial charge in [-0.1, -0.05) is 63.8 Å². The van der Waals surface area contributed by atoms with Gasteiger partial charge < -0.3 is 0 Å². The highest BCUT2D eigenvalue weighted by Crippen LogP contribution is 2.16. The Balaban J connectivity index is 3.37. The van der Waals surface area contributed by atoms with Gasteiger partial charge in [-0.05, 0) is 25.7 Å². The zero-order valence-corrected chi connectivity index (χ0v) is 10.2. The lowest BCUT2D eigenvalue weighted by atomic mass is 9.98. The maximum atomic E-state index is 3.71. The first-order valence-electron chi connectivity index (χ1n) is 5.98. The first kappa shape index (κ1) is 13.5. The van der Waals surface area contributed by atoms with Gasteiger partial charge in [0.05, 0.1) is 0 Å². The van der Waals surface area contributed by atoms with Crippen molar-refractivity contribution in [1.29, 1.82) is 0 Å². The molecule has 0 spiro atoms. The summed E-state index contributed by atoms with van der Waals surface area (Å²) in [7, 11) is 0. The van der Waals surface area contributed by atoms with Gasteiger partial charge in [-0.25, -0.2) is 0 Å². The molecule has 0 aromatic rings. The van der Waals surface area contributed by atoms with Crippen LogP contribution in [0.4, 0.5) is 0 Å². The number of rotatable bonds is 8. The van der Waals surface area contributed by atoms with Gasteiger partial charge in [-0.2, -0.15) is 0 Å². The van der Waals surface area contributed by atoms with Crippen molar-refractivity contribution in [3.05, 3.63) is 24.3 Å². The van der Waals surface area contributed by atoms with Crippen molar-refractivity contribution < 1.29 is 0 Å². The van der Waals surface area contributed by atoms with Crippen molar-refractivity contribution in [1.82, 2.24) is 0 Å². The van der Waals surface area contributed by atoms with Crippen LogP contribution in [0.3, 0.4) is 0 Å². The van der Waals surface area contributed by atoms with Crippen molar-refractivity contribution in [2.45, 2.75) is 59.3 Å². The van der Waals surface area contributed by atoms with Crippen LogP contribution < -0.4 is 0 Å². The van der Waals surface area contributed by atoms with E-state index in [1.807, 2.05) is 6.08 Å². The van der Waals surface area contributed by atoms with E-state index in [0.717, 1.165) is 5.92 Å². The van der Waals surface area contributed by atoms with Crippen LogP contribution in [0.15, 0.2) is 24.3 Å². The lowest BCUT2D eigenvalue weighted by Crippen LogP contribution is -1.93. The van der Waals surface area contributed by atoms with E-state index in [-0.39, 0.29) is 0 Å². The third kappa shape index (κ3) is 8.10. The minimum atomic E-state index is 0.920. The van der Waals surface area contributed by atoms with E-state index in [1.54, 1.807) is 0 Å². The maximum absolute atomic E-state index is 3.71. The van der Waals surface area contributed by atoms with Crippen LogP contribution in [0.25, 0.3) is 0 Å². The number of unbranched alkanes of at least 4 members (excludes halogenated alkanes) is 1. The monoisotopic (exact) mass is 194 g/mol. The SMILES string of the molecule is C=CC=C(C)CCCCC(C)CCC. The predicted octanol–water partition coefficient (Wildman–Crippen LogP) is 5.12. The molecule has 0 saturated heterocycles. The maximum Gasteiger partial charge on any atom is -0.0320 e.